The standard InChI is InChI=1S/C25H31N3O/c1-7-26-22-12-13-23(27-16(22)2)17(3)28-24(29)20-9-8-19-15-21(25(4,5)6)11-10-18(19)14-20/h8-15,17,26H,7H2,1-6H3,(H,28,29)/t17-/m1/s1. The summed E-state index contributed by atoms with van der Waals surface area (Å²) in [5.74, 6) is -0.0884. The highest BCUT2D eigenvalue weighted by molar-refractivity contribution is 5.98. The molecule has 1 atom stereocenters. The van der Waals surface area contributed by atoms with Crippen molar-refractivity contribution in [2.75, 3.05) is 11.9 Å². The van der Waals surface area contributed by atoms with Gasteiger partial charge in [0.25, 0.3) is 5.91 Å². The van der Waals surface area contributed by atoms with Crippen LogP contribution >= 0.6 is 0 Å². The summed E-state index contributed by atoms with van der Waals surface area (Å²) < 4.78 is 0. The molecule has 1 heterocycles. The second-order valence-electron chi connectivity index (χ2n) is 8.62. The number of carbonyl (C=O) groups is 1. The summed E-state index contributed by atoms with van der Waals surface area (Å²) in [6.45, 7) is 13.5. The van der Waals surface area contributed by atoms with E-state index in [1.165, 1.54) is 5.56 Å². The predicted molar refractivity (Wildman–Crippen MR) is 122 cm³/mol. The van der Waals surface area contributed by atoms with Crippen molar-refractivity contribution in [3.05, 3.63) is 71.0 Å². The van der Waals surface area contributed by atoms with Gasteiger partial charge in [0.05, 0.1) is 23.1 Å². The van der Waals surface area contributed by atoms with Crippen LogP contribution in [-0.2, 0) is 5.41 Å². The molecule has 1 amide bonds. The molecule has 152 valence electrons. The molecule has 2 N–H and O–H groups in total. The minimum atomic E-state index is -0.171. The number of hydrogen-bond acceptors (Lipinski definition) is 3. The van der Waals surface area contributed by atoms with E-state index in [0.717, 1.165) is 34.4 Å². The number of aromatic nitrogens is 1. The Kier molecular flexibility index (Phi) is 5.92. The van der Waals surface area contributed by atoms with Crippen molar-refractivity contribution in [3.63, 3.8) is 0 Å². The van der Waals surface area contributed by atoms with Crippen LogP contribution < -0.4 is 10.6 Å². The van der Waals surface area contributed by atoms with E-state index in [-0.39, 0.29) is 17.4 Å². The lowest BCUT2D eigenvalue weighted by Crippen LogP contribution is -2.27. The first kappa shape index (κ1) is 20.8. The molecule has 0 aliphatic heterocycles. The Balaban J connectivity index is 1.77. The number of benzene rings is 2. The van der Waals surface area contributed by atoms with E-state index in [1.807, 2.05) is 44.2 Å². The van der Waals surface area contributed by atoms with Gasteiger partial charge < -0.3 is 10.6 Å². The number of aryl methyl sites for hydroxylation is 1. The van der Waals surface area contributed by atoms with Crippen molar-refractivity contribution in [1.82, 2.24) is 10.3 Å². The number of amides is 1. The summed E-state index contributed by atoms with van der Waals surface area (Å²) in [5.41, 5.74) is 4.87. The highest BCUT2D eigenvalue weighted by atomic mass is 16.1. The van der Waals surface area contributed by atoms with Crippen LogP contribution in [0.15, 0.2) is 48.5 Å². The predicted octanol–water partition coefficient (Wildman–Crippen LogP) is 5.76. The number of carbonyl (C=O) groups excluding carboxylic acids is 1. The molecule has 29 heavy (non-hydrogen) atoms. The van der Waals surface area contributed by atoms with Gasteiger partial charge in [-0.25, -0.2) is 0 Å². The number of anilines is 1. The highest BCUT2D eigenvalue weighted by Gasteiger charge is 2.16. The average Bonchev–Trinajstić information content (AvgIpc) is 2.68. The number of rotatable bonds is 5. The average molecular weight is 390 g/mol. The molecule has 0 radical (unpaired) electrons. The van der Waals surface area contributed by atoms with Crippen LogP contribution in [0.2, 0.25) is 0 Å². The summed E-state index contributed by atoms with van der Waals surface area (Å²) in [5, 5.41) is 8.58. The molecule has 4 heteroatoms. The molecule has 0 spiro atoms. The summed E-state index contributed by atoms with van der Waals surface area (Å²) in [6.07, 6.45) is 0. The quantitative estimate of drug-likeness (QED) is 0.583. The van der Waals surface area contributed by atoms with Crippen LogP contribution in [0.4, 0.5) is 5.69 Å². The van der Waals surface area contributed by atoms with E-state index in [1.54, 1.807) is 0 Å². The lowest BCUT2D eigenvalue weighted by molar-refractivity contribution is 0.0939. The van der Waals surface area contributed by atoms with Crippen LogP contribution in [0, 0.1) is 6.92 Å². The fourth-order valence-electron chi connectivity index (χ4n) is 3.41. The second-order valence-corrected chi connectivity index (χ2v) is 8.62. The van der Waals surface area contributed by atoms with E-state index in [4.69, 9.17) is 0 Å². The number of hydrogen-bond donors (Lipinski definition) is 2. The highest BCUT2D eigenvalue weighted by Crippen LogP contribution is 2.27. The SMILES string of the molecule is CCNc1ccc([C@@H](C)NC(=O)c2ccc3cc(C(C)(C)C)ccc3c2)nc1C. The smallest absolute Gasteiger partial charge is 0.251 e. The maximum atomic E-state index is 12.8. The first-order valence-corrected chi connectivity index (χ1v) is 10.3. The first-order valence-electron chi connectivity index (χ1n) is 10.3. The Labute approximate surface area is 173 Å². The number of fused-ring (bicyclic) bond motifs is 1. The molecule has 2 aromatic carbocycles. The van der Waals surface area contributed by atoms with E-state index in [0.29, 0.717) is 5.56 Å². The van der Waals surface area contributed by atoms with E-state index < -0.39 is 0 Å². The Hall–Kier alpha value is -2.88. The number of nitrogens with zero attached hydrogens (tertiary/aromatic N) is 1. The molecule has 0 bridgehead atoms. The van der Waals surface area contributed by atoms with Crippen molar-refractivity contribution < 1.29 is 4.79 Å². The molecule has 1 aromatic heterocycles. The Bertz CT molecular complexity index is 1030. The van der Waals surface area contributed by atoms with Gasteiger partial charge in [-0.2, -0.15) is 0 Å². The van der Waals surface area contributed by atoms with Gasteiger partial charge in [-0.05, 0) is 66.8 Å². The van der Waals surface area contributed by atoms with Crippen LogP contribution in [0.3, 0.4) is 0 Å². The topological polar surface area (TPSA) is 54.0 Å². The van der Waals surface area contributed by atoms with Gasteiger partial charge in [0.1, 0.15) is 0 Å². The molecule has 3 rings (SSSR count). The van der Waals surface area contributed by atoms with Crippen molar-refractivity contribution >= 4 is 22.4 Å². The van der Waals surface area contributed by atoms with Crippen molar-refractivity contribution in [3.8, 4) is 0 Å². The van der Waals surface area contributed by atoms with E-state index in [2.05, 4.69) is 61.5 Å². The Morgan fingerprint density at radius 3 is 2.38 bits per heavy atom. The molecule has 0 saturated heterocycles. The zero-order valence-electron chi connectivity index (χ0n) is 18.3. The van der Waals surface area contributed by atoms with Crippen LogP contribution in [-0.4, -0.2) is 17.4 Å². The van der Waals surface area contributed by atoms with Crippen molar-refractivity contribution in [2.24, 2.45) is 0 Å². The molecule has 0 fully saturated rings. The lowest BCUT2D eigenvalue weighted by Gasteiger charge is -2.19. The van der Waals surface area contributed by atoms with Gasteiger partial charge in [-0.3, -0.25) is 9.78 Å². The zero-order valence-corrected chi connectivity index (χ0v) is 18.3. The van der Waals surface area contributed by atoms with Crippen LogP contribution in [0.25, 0.3) is 10.8 Å². The fraction of sp³-hybridized carbons (Fsp3) is 0.360. The van der Waals surface area contributed by atoms with E-state index in [9.17, 15) is 4.79 Å². The molecule has 0 unspecified atom stereocenters. The van der Waals surface area contributed by atoms with Crippen LogP contribution in [0.1, 0.15) is 68.0 Å². The minimum Gasteiger partial charge on any atom is -0.384 e. The van der Waals surface area contributed by atoms with Crippen molar-refractivity contribution in [2.45, 2.75) is 53.0 Å². The fourth-order valence-corrected chi connectivity index (χ4v) is 3.41. The molecule has 4 nitrogen and oxygen atoms in total. The van der Waals surface area contributed by atoms with Crippen molar-refractivity contribution in [1.29, 1.82) is 0 Å². The largest absolute Gasteiger partial charge is 0.384 e. The summed E-state index contributed by atoms with van der Waals surface area (Å²) in [7, 11) is 0. The molecular formula is C25H31N3O. The van der Waals surface area contributed by atoms with Gasteiger partial charge in [0, 0.05) is 12.1 Å². The van der Waals surface area contributed by atoms with E-state index >= 15 is 0 Å². The van der Waals surface area contributed by atoms with Gasteiger partial charge in [0.2, 0.25) is 0 Å². The summed E-state index contributed by atoms with van der Waals surface area (Å²) in [4.78, 5) is 17.4. The number of pyridine rings is 1. The summed E-state index contributed by atoms with van der Waals surface area (Å²) >= 11 is 0. The first-order chi connectivity index (χ1) is 13.7. The Morgan fingerprint density at radius 2 is 1.72 bits per heavy atom. The molecule has 0 aliphatic carbocycles. The summed E-state index contributed by atoms with van der Waals surface area (Å²) in [6, 6.07) is 16.1. The molecule has 3 aromatic rings. The third kappa shape index (κ3) is 4.76. The maximum absolute atomic E-state index is 12.8. The minimum absolute atomic E-state index is 0.0884. The normalized spacial score (nSPS) is 12.6. The molecule has 0 saturated carbocycles. The third-order valence-corrected chi connectivity index (χ3v) is 5.23. The van der Waals surface area contributed by atoms with Gasteiger partial charge in [0.15, 0.2) is 0 Å². The van der Waals surface area contributed by atoms with Gasteiger partial charge >= 0.3 is 0 Å². The lowest BCUT2D eigenvalue weighted by atomic mass is 9.86. The maximum Gasteiger partial charge on any atom is 0.251 e. The third-order valence-electron chi connectivity index (χ3n) is 5.23. The second kappa shape index (κ2) is 8.24. The van der Waals surface area contributed by atoms with Gasteiger partial charge in [-0.15, -0.1) is 0 Å². The van der Waals surface area contributed by atoms with Gasteiger partial charge in [-0.1, -0.05) is 45.0 Å². The zero-order chi connectivity index (χ0) is 21.2. The number of nitrogens with one attached hydrogen (secondary N) is 2. The molecule has 0 aliphatic rings. The van der Waals surface area contributed by atoms with Crippen LogP contribution in [0.5, 0.6) is 0 Å². The monoisotopic (exact) mass is 389 g/mol. The molecular weight excluding hydrogens is 358 g/mol. The Morgan fingerprint density at radius 1 is 1.03 bits per heavy atom.